The molecule has 1 atom stereocenters. The van der Waals surface area contributed by atoms with Crippen molar-refractivity contribution in [3.05, 3.63) is 16.7 Å². The standard InChI is InChI=1S/C21H24ClF3N6O.C2H6/c22-17-14(23)15-13-16(28-17)21(24,25)9-12-10-26-5-8-31(12)18(13)29-19(27-15)32-11-20-3-1-6-30(20)7-2-4-20;1-2/h12,26H,1-11H2;1-2H3. The Morgan fingerprint density at radius 2 is 1.85 bits per heavy atom. The largest absolute Gasteiger partial charge is 0.461 e. The van der Waals surface area contributed by atoms with Crippen LogP contribution in [0.4, 0.5) is 19.0 Å². The molecule has 6 heterocycles. The van der Waals surface area contributed by atoms with Gasteiger partial charge in [-0.25, -0.2) is 9.37 Å². The Hall–Kier alpha value is -1.91. The fourth-order valence-corrected chi connectivity index (χ4v) is 6.09. The Morgan fingerprint density at radius 3 is 2.59 bits per heavy atom. The molecular weight excluding hydrogens is 469 g/mol. The van der Waals surface area contributed by atoms with Crippen molar-refractivity contribution in [1.82, 2.24) is 25.2 Å². The minimum atomic E-state index is -3.29. The number of nitrogens with one attached hydrogen (secondary N) is 1. The summed E-state index contributed by atoms with van der Waals surface area (Å²) in [5, 5.41) is 2.47. The summed E-state index contributed by atoms with van der Waals surface area (Å²) in [5.41, 5.74) is -0.867. The third kappa shape index (κ3) is 3.78. The second kappa shape index (κ2) is 8.95. The van der Waals surface area contributed by atoms with Crippen molar-refractivity contribution in [3.8, 4) is 6.01 Å². The summed E-state index contributed by atoms with van der Waals surface area (Å²) in [4.78, 5) is 16.8. The molecule has 0 amide bonds. The first-order chi connectivity index (χ1) is 16.4. The number of piperazine rings is 1. The predicted octanol–water partition coefficient (Wildman–Crippen LogP) is 4.12. The van der Waals surface area contributed by atoms with Gasteiger partial charge >= 0.3 is 6.01 Å². The molecule has 1 unspecified atom stereocenters. The molecule has 6 rings (SSSR count). The lowest BCUT2D eigenvalue weighted by atomic mass is 9.95. The van der Waals surface area contributed by atoms with Crippen molar-refractivity contribution in [2.75, 3.05) is 44.2 Å². The van der Waals surface area contributed by atoms with E-state index in [9.17, 15) is 0 Å². The van der Waals surface area contributed by atoms with Crippen LogP contribution in [0.25, 0.3) is 10.9 Å². The van der Waals surface area contributed by atoms with E-state index in [2.05, 4.69) is 25.2 Å². The molecule has 4 aliphatic heterocycles. The summed E-state index contributed by atoms with van der Waals surface area (Å²) in [6, 6.07) is -0.519. The number of ether oxygens (including phenoxy) is 1. The average molecular weight is 499 g/mol. The van der Waals surface area contributed by atoms with Gasteiger partial charge in [0.2, 0.25) is 0 Å². The van der Waals surface area contributed by atoms with Gasteiger partial charge in [-0.2, -0.15) is 18.7 Å². The molecule has 4 aliphatic rings. The predicted molar refractivity (Wildman–Crippen MR) is 124 cm³/mol. The van der Waals surface area contributed by atoms with E-state index in [0.717, 1.165) is 38.8 Å². The molecule has 1 N–H and O–H groups in total. The Morgan fingerprint density at radius 1 is 1.12 bits per heavy atom. The summed E-state index contributed by atoms with van der Waals surface area (Å²) >= 11 is 5.93. The number of alkyl halides is 2. The third-order valence-electron chi connectivity index (χ3n) is 7.45. The van der Waals surface area contributed by atoms with Crippen LogP contribution in [0.2, 0.25) is 5.15 Å². The van der Waals surface area contributed by atoms with Gasteiger partial charge in [0.05, 0.1) is 10.9 Å². The molecule has 186 valence electrons. The molecule has 2 aromatic rings. The Bertz CT molecular complexity index is 1080. The summed E-state index contributed by atoms with van der Waals surface area (Å²) < 4.78 is 51.5. The van der Waals surface area contributed by atoms with E-state index in [0.29, 0.717) is 26.2 Å². The number of hydrogen-bond donors (Lipinski definition) is 1. The van der Waals surface area contributed by atoms with Crippen LogP contribution < -0.4 is 15.0 Å². The minimum Gasteiger partial charge on any atom is -0.461 e. The van der Waals surface area contributed by atoms with Crippen LogP contribution in [-0.2, 0) is 5.92 Å². The molecule has 0 bridgehead atoms. The molecular formula is C23H30ClF3N6O. The zero-order chi connectivity index (χ0) is 24.1. The SMILES string of the molecule is CC.Fc1c(Cl)nc2c3c(nc(OCC45CCCN4CCC5)nc13)N1CCNCC1CC2(F)F. The van der Waals surface area contributed by atoms with E-state index in [1.807, 2.05) is 18.7 Å². The third-order valence-corrected chi connectivity index (χ3v) is 7.70. The van der Waals surface area contributed by atoms with Gasteiger partial charge in [0, 0.05) is 32.1 Å². The van der Waals surface area contributed by atoms with Crippen molar-refractivity contribution < 1.29 is 17.9 Å². The molecule has 11 heteroatoms. The maximum atomic E-state index is 15.2. The first kappa shape index (κ1) is 23.8. The van der Waals surface area contributed by atoms with Crippen LogP contribution in [0.3, 0.4) is 0 Å². The van der Waals surface area contributed by atoms with E-state index >= 15 is 13.2 Å². The van der Waals surface area contributed by atoms with Crippen LogP contribution in [0, 0.1) is 5.82 Å². The van der Waals surface area contributed by atoms with Gasteiger partial charge in [-0.1, -0.05) is 25.4 Å². The van der Waals surface area contributed by atoms with Crippen LogP contribution in [0.1, 0.15) is 51.6 Å². The van der Waals surface area contributed by atoms with Crippen LogP contribution in [0.5, 0.6) is 6.01 Å². The van der Waals surface area contributed by atoms with Crippen molar-refractivity contribution in [2.24, 2.45) is 0 Å². The lowest BCUT2D eigenvalue weighted by molar-refractivity contribution is -0.0225. The number of rotatable bonds is 3. The van der Waals surface area contributed by atoms with Crippen LogP contribution in [0.15, 0.2) is 0 Å². The molecule has 2 aromatic heterocycles. The quantitative estimate of drug-likeness (QED) is 0.638. The van der Waals surface area contributed by atoms with E-state index in [4.69, 9.17) is 16.3 Å². The number of nitrogens with zero attached hydrogens (tertiary/aromatic N) is 5. The second-order valence-electron chi connectivity index (χ2n) is 9.29. The van der Waals surface area contributed by atoms with Gasteiger partial charge in [0.1, 0.15) is 23.6 Å². The first-order valence-corrected chi connectivity index (χ1v) is 12.6. The number of halogens is 4. The number of aromatic nitrogens is 3. The molecule has 3 saturated heterocycles. The monoisotopic (exact) mass is 498 g/mol. The molecule has 0 spiro atoms. The molecule has 0 radical (unpaired) electrons. The average Bonchev–Trinajstić information content (AvgIpc) is 3.39. The van der Waals surface area contributed by atoms with Gasteiger partial charge in [-0.05, 0) is 38.8 Å². The Kier molecular flexibility index (Phi) is 6.27. The highest BCUT2D eigenvalue weighted by molar-refractivity contribution is 6.30. The van der Waals surface area contributed by atoms with E-state index in [1.165, 1.54) is 0 Å². The molecule has 3 fully saturated rings. The highest BCUT2D eigenvalue weighted by Crippen LogP contribution is 2.46. The lowest BCUT2D eigenvalue weighted by Crippen LogP contribution is -2.52. The minimum absolute atomic E-state index is 0.00441. The van der Waals surface area contributed by atoms with Crippen molar-refractivity contribution >= 4 is 28.3 Å². The first-order valence-electron chi connectivity index (χ1n) is 12.2. The van der Waals surface area contributed by atoms with E-state index in [1.54, 1.807) is 0 Å². The topological polar surface area (TPSA) is 66.4 Å². The highest BCUT2D eigenvalue weighted by Gasteiger charge is 2.47. The number of hydrogen-bond acceptors (Lipinski definition) is 7. The molecule has 0 saturated carbocycles. The zero-order valence-corrected chi connectivity index (χ0v) is 20.3. The number of anilines is 1. The summed E-state index contributed by atoms with van der Waals surface area (Å²) in [6.07, 6.45) is 3.84. The molecule has 0 aromatic carbocycles. The fourth-order valence-electron chi connectivity index (χ4n) is 5.92. The number of fused-ring (bicyclic) bond motifs is 3. The normalized spacial score (nSPS) is 24.8. The van der Waals surface area contributed by atoms with E-state index in [-0.39, 0.29) is 28.3 Å². The number of pyridine rings is 1. The zero-order valence-electron chi connectivity index (χ0n) is 19.5. The molecule has 7 nitrogen and oxygen atoms in total. The fraction of sp³-hybridized carbons (Fsp3) is 0.696. The highest BCUT2D eigenvalue weighted by atomic mass is 35.5. The Balaban J connectivity index is 0.00000117. The maximum Gasteiger partial charge on any atom is 0.319 e. The van der Waals surface area contributed by atoms with Crippen LogP contribution in [-0.4, -0.2) is 70.8 Å². The summed E-state index contributed by atoms with van der Waals surface area (Å²) in [5.74, 6) is -3.97. The van der Waals surface area contributed by atoms with Gasteiger partial charge < -0.3 is 15.0 Å². The smallest absolute Gasteiger partial charge is 0.319 e. The van der Waals surface area contributed by atoms with Crippen molar-refractivity contribution in [3.63, 3.8) is 0 Å². The van der Waals surface area contributed by atoms with Crippen molar-refractivity contribution in [2.45, 2.75) is 63.5 Å². The molecule has 0 aliphatic carbocycles. The van der Waals surface area contributed by atoms with Crippen molar-refractivity contribution in [1.29, 1.82) is 0 Å². The Labute approximate surface area is 202 Å². The van der Waals surface area contributed by atoms with Gasteiger partial charge in [-0.15, -0.1) is 0 Å². The van der Waals surface area contributed by atoms with Crippen LogP contribution >= 0.6 is 11.6 Å². The lowest BCUT2D eigenvalue weighted by Gasteiger charge is -2.37. The molecule has 34 heavy (non-hydrogen) atoms. The van der Waals surface area contributed by atoms with Gasteiger partial charge in [0.25, 0.3) is 5.92 Å². The maximum absolute atomic E-state index is 15.2. The second-order valence-corrected chi connectivity index (χ2v) is 9.64. The van der Waals surface area contributed by atoms with E-state index < -0.39 is 35.0 Å². The van der Waals surface area contributed by atoms with Gasteiger partial charge in [0.15, 0.2) is 11.0 Å². The van der Waals surface area contributed by atoms with Gasteiger partial charge in [-0.3, -0.25) is 4.90 Å². The summed E-state index contributed by atoms with van der Waals surface area (Å²) in [7, 11) is 0. The summed E-state index contributed by atoms with van der Waals surface area (Å²) in [6.45, 7) is 7.94.